The normalized spacial score (nSPS) is 14.7. The maximum absolute atomic E-state index is 12.1. The van der Waals surface area contributed by atoms with Crippen LogP contribution in [-0.4, -0.2) is 48.2 Å². The Balaban J connectivity index is 4.59. The molecule has 0 heterocycles. The highest BCUT2D eigenvalue weighted by Crippen LogP contribution is 2.18. The average Bonchev–Trinajstić information content (AvgIpc) is 2.49. The summed E-state index contributed by atoms with van der Waals surface area (Å²) in [5.74, 6) is -0.430. The van der Waals surface area contributed by atoms with Crippen molar-refractivity contribution in [2.45, 2.75) is 32.8 Å². The van der Waals surface area contributed by atoms with Crippen LogP contribution in [0.5, 0.6) is 0 Å². The van der Waals surface area contributed by atoms with Crippen LogP contribution < -0.4 is 0 Å². The van der Waals surface area contributed by atoms with Crippen molar-refractivity contribution in [2.24, 2.45) is 11.8 Å². The highest BCUT2D eigenvalue weighted by atomic mass is 16.5. The molecular weight excluding hydrogens is 270 g/mol. The van der Waals surface area contributed by atoms with Gasteiger partial charge in [0.15, 0.2) is 0 Å². The number of carbonyl (C=O) groups excluding carboxylic acids is 2. The highest BCUT2D eigenvalue weighted by molar-refractivity contribution is 5.81. The number of esters is 1. The van der Waals surface area contributed by atoms with Gasteiger partial charge < -0.3 is 14.7 Å². The quantitative estimate of drug-likeness (QED) is 0.493. The Morgan fingerprint density at radius 3 is 2.38 bits per heavy atom. The molecular formula is C16H27NO4. The van der Waals surface area contributed by atoms with Crippen molar-refractivity contribution in [1.29, 1.82) is 0 Å². The molecule has 0 saturated carbocycles. The van der Waals surface area contributed by atoms with Gasteiger partial charge in [-0.1, -0.05) is 26.0 Å². The Labute approximate surface area is 127 Å². The van der Waals surface area contributed by atoms with Gasteiger partial charge in [0.2, 0.25) is 5.91 Å². The predicted octanol–water partition coefficient (Wildman–Crippen LogP) is 1.77. The maximum atomic E-state index is 12.1. The van der Waals surface area contributed by atoms with Gasteiger partial charge in [-0.15, -0.1) is 13.2 Å². The van der Waals surface area contributed by atoms with Gasteiger partial charge in [0.05, 0.1) is 19.6 Å². The molecule has 0 aliphatic carbocycles. The molecule has 0 aromatic rings. The smallest absolute Gasteiger partial charge is 0.306 e. The predicted molar refractivity (Wildman–Crippen MR) is 82.6 cm³/mol. The van der Waals surface area contributed by atoms with E-state index in [1.165, 1.54) is 13.2 Å². The second-order valence-electron chi connectivity index (χ2n) is 5.23. The number of carbonyl (C=O) groups is 2. The molecule has 21 heavy (non-hydrogen) atoms. The van der Waals surface area contributed by atoms with Gasteiger partial charge in [-0.3, -0.25) is 9.59 Å². The van der Waals surface area contributed by atoms with Gasteiger partial charge >= 0.3 is 5.97 Å². The van der Waals surface area contributed by atoms with E-state index in [1.807, 2.05) is 13.8 Å². The molecule has 3 atom stereocenters. The van der Waals surface area contributed by atoms with E-state index in [-0.39, 0.29) is 30.6 Å². The second-order valence-corrected chi connectivity index (χ2v) is 5.23. The van der Waals surface area contributed by atoms with E-state index >= 15 is 0 Å². The molecule has 0 rings (SSSR count). The van der Waals surface area contributed by atoms with E-state index in [9.17, 15) is 14.7 Å². The zero-order valence-electron chi connectivity index (χ0n) is 13.2. The molecule has 5 nitrogen and oxygen atoms in total. The lowest BCUT2D eigenvalue weighted by Crippen LogP contribution is -2.38. The molecule has 5 heteroatoms. The van der Waals surface area contributed by atoms with Crippen molar-refractivity contribution in [3.05, 3.63) is 25.3 Å². The number of nitrogens with zero attached hydrogens (tertiary/aromatic N) is 1. The van der Waals surface area contributed by atoms with Crippen LogP contribution in [0.3, 0.4) is 0 Å². The minimum Gasteiger partial charge on any atom is -0.469 e. The molecule has 0 aromatic heterocycles. The van der Waals surface area contributed by atoms with E-state index in [0.29, 0.717) is 13.1 Å². The molecule has 0 aromatic carbocycles. The van der Waals surface area contributed by atoms with Crippen molar-refractivity contribution >= 4 is 11.9 Å². The Morgan fingerprint density at radius 2 is 1.90 bits per heavy atom. The van der Waals surface area contributed by atoms with Gasteiger partial charge in [-0.2, -0.15) is 0 Å². The van der Waals surface area contributed by atoms with Crippen molar-refractivity contribution in [2.75, 3.05) is 20.2 Å². The molecule has 0 aliphatic rings. The summed E-state index contributed by atoms with van der Waals surface area (Å²) in [6, 6.07) is 0. The first kappa shape index (κ1) is 19.4. The summed E-state index contributed by atoms with van der Waals surface area (Å²) in [6.45, 7) is 12.0. The van der Waals surface area contributed by atoms with Gasteiger partial charge in [0.1, 0.15) is 0 Å². The zero-order valence-corrected chi connectivity index (χ0v) is 13.2. The largest absolute Gasteiger partial charge is 0.469 e. The van der Waals surface area contributed by atoms with E-state index in [2.05, 4.69) is 17.9 Å². The van der Waals surface area contributed by atoms with Crippen LogP contribution in [0.2, 0.25) is 0 Å². The van der Waals surface area contributed by atoms with Gasteiger partial charge in [0, 0.05) is 19.5 Å². The Hall–Kier alpha value is -1.62. The molecule has 0 bridgehead atoms. The summed E-state index contributed by atoms with van der Waals surface area (Å²) in [5.41, 5.74) is 0. The standard InChI is InChI=1S/C16H27NO4/c1-6-10-17(15(19)8-9-16(20)21-5)11-12(3)13(4)14(18)7-2/h6-7,12-14,18H,1-2,8-11H2,3-5H3/t12?,13-,14-/m1/s1. The Bertz CT molecular complexity index is 367. The monoisotopic (exact) mass is 297 g/mol. The molecule has 0 saturated heterocycles. The van der Waals surface area contributed by atoms with E-state index in [0.717, 1.165) is 0 Å². The van der Waals surface area contributed by atoms with Crippen LogP contribution in [0.4, 0.5) is 0 Å². The van der Waals surface area contributed by atoms with Crippen LogP contribution in [0, 0.1) is 11.8 Å². The fourth-order valence-electron chi connectivity index (χ4n) is 1.97. The number of hydrogen-bond donors (Lipinski definition) is 1. The summed E-state index contributed by atoms with van der Waals surface area (Å²) >= 11 is 0. The molecule has 0 fully saturated rings. The SMILES string of the molecule is C=CCN(CC(C)[C@@H](C)[C@H](O)C=C)C(=O)CCC(=O)OC. The molecule has 1 N–H and O–H groups in total. The number of ether oxygens (including phenoxy) is 1. The fraction of sp³-hybridized carbons (Fsp3) is 0.625. The lowest BCUT2D eigenvalue weighted by atomic mass is 9.90. The number of hydrogen-bond acceptors (Lipinski definition) is 4. The molecule has 0 radical (unpaired) electrons. The van der Waals surface area contributed by atoms with Gasteiger partial charge in [0.25, 0.3) is 0 Å². The minimum absolute atomic E-state index is 0.0109. The maximum Gasteiger partial charge on any atom is 0.306 e. The fourth-order valence-corrected chi connectivity index (χ4v) is 1.97. The first-order chi connectivity index (χ1) is 9.87. The van der Waals surface area contributed by atoms with Crippen molar-refractivity contribution in [3.8, 4) is 0 Å². The molecule has 0 aliphatic heterocycles. The topological polar surface area (TPSA) is 66.8 Å². The van der Waals surface area contributed by atoms with E-state index in [1.54, 1.807) is 11.0 Å². The summed E-state index contributed by atoms with van der Waals surface area (Å²) < 4.78 is 4.53. The van der Waals surface area contributed by atoms with Crippen molar-refractivity contribution in [1.82, 2.24) is 4.90 Å². The van der Waals surface area contributed by atoms with Gasteiger partial charge in [-0.25, -0.2) is 0 Å². The van der Waals surface area contributed by atoms with Crippen LogP contribution in [-0.2, 0) is 14.3 Å². The summed E-state index contributed by atoms with van der Waals surface area (Å²) in [6.07, 6.45) is 2.74. The van der Waals surface area contributed by atoms with Crippen LogP contribution in [0.25, 0.3) is 0 Å². The molecule has 0 spiro atoms. The first-order valence-electron chi connectivity index (χ1n) is 7.13. The Kier molecular flexibility index (Phi) is 9.37. The Morgan fingerprint density at radius 1 is 1.29 bits per heavy atom. The number of aliphatic hydroxyl groups excluding tert-OH is 1. The lowest BCUT2D eigenvalue weighted by molar-refractivity contribution is -0.143. The van der Waals surface area contributed by atoms with E-state index < -0.39 is 12.1 Å². The lowest BCUT2D eigenvalue weighted by Gasteiger charge is -2.29. The van der Waals surface area contributed by atoms with Crippen LogP contribution in [0.1, 0.15) is 26.7 Å². The molecule has 1 amide bonds. The number of rotatable bonds is 10. The van der Waals surface area contributed by atoms with Crippen LogP contribution >= 0.6 is 0 Å². The van der Waals surface area contributed by atoms with Crippen LogP contribution in [0.15, 0.2) is 25.3 Å². The number of methoxy groups -OCH3 is 1. The number of amides is 1. The zero-order chi connectivity index (χ0) is 16.4. The number of aliphatic hydroxyl groups is 1. The summed E-state index contributed by atoms with van der Waals surface area (Å²) in [7, 11) is 1.30. The average molecular weight is 297 g/mol. The van der Waals surface area contributed by atoms with Gasteiger partial charge in [-0.05, 0) is 11.8 Å². The molecule has 120 valence electrons. The van der Waals surface area contributed by atoms with Crippen molar-refractivity contribution in [3.63, 3.8) is 0 Å². The van der Waals surface area contributed by atoms with E-state index in [4.69, 9.17) is 0 Å². The summed E-state index contributed by atoms with van der Waals surface area (Å²) in [4.78, 5) is 24.9. The highest BCUT2D eigenvalue weighted by Gasteiger charge is 2.23. The summed E-state index contributed by atoms with van der Waals surface area (Å²) in [5, 5.41) is 9.78. The van der Waals surface area contributed by atoms with Crippen molar-refractivity contribution < 1.29 is 19.4 Å². The third kappa shape index (κ3) is 7.09. The first-order valence-corrected chi connectivity index (χ1v) is 7.13. The third-order valence-electron chi connectivity index (χ3n) is 3.66. The minimum atomic E-state index is -0.601. The third-order valence-corrected chi connectivity index (χ3v) is 3.66. The second kappa shape index (κ2) is 10.2. The molecule has 1 unspecified atom stereocenters.